The minimum atomic E-state index is -0.427. The number of nitro benzene ring substituents is 1. The van der Waals surface area contributed by atoms with Gasteiger partial charge in [-0.15, -0.1) is 10.2 Å². The summed E-state index contributed by atoms with van der Waals surface area (Å²) in [6, 6.07) is 4.52. The van der Waals surface area contributed by atoms with Crippen LogP contribution in [0.25, 0.3) is 0 Å². The van der Waals surface area contributed by atoms with E-state index in [4.69, 9.17) is 5.84 Å². The lowest BCUT2D eigenvalue weighted by Crippen LogP contribution is -2.09. The van der Waals surface area contributed by atoms with Crippen LogP contribution >= 0.6 is 23.1 Å². The number of aryl methyl sites for hydroxylation is 1. The standard InChI is InChI=1S/C10H11N5O2S2/c1-6-13-14-10(19-6)18-5-7-4-8(15(16)17)2-3-9(7)12-11/h2-4,12H,5,11H2,1H3. The average molecular weight is 297 g/mol. The molecule has 0 radical (unpaired) electrons. The second-order valence-corrected chi connectivity index (χ2v) is 6.02. The van der Waals surface area contributed by atoms with Gasteiger partial charge in [0, 0.05) is 17.9 Å². The van der Waals surface area contributed by atoms with E-state index in [2.05, 4.69) is 15.6 Å². The summed E-state index contributed by atoms with van der Waals surface area (Å²) in [5, 5.41) is 19.6. The average Bonchev–Trinajstić information content (AvgIpc) is 2.81. The van der Waals surface area contributed by atoms with Crippen LogP contribution in [0, 0.1) is 17.0 Å². The maximum Gasteiger partial charge on any atom is 0.269 e. The maximum absolute atomic E-state index is 10.8. The summed E-state index contributed by atoms with van der Waals surface area (Å²) in [5.74, 6) is 5.93. The molecule has 100 valence electrons. The maximum atomic E-state index is 10.8. The predicted octanol–water partition coefficient (Wildman–Crippen LogP) is 2.33. The molecule has 0 amide bonds. The number of nitro groups is 1. The van der Waals surface area contributed by atoms with Gasteiger partial charge >= 0.3 is 0 Å². The Bertz CT molecular complexity index is 601. The van der Waals surface area contributed by atoms with Crippen molar-refractivity contribution in [1.29, 1.82) is 0 Å². The quantitative estimate of drug-likeness (QED) is 0.377. The molecule has 0 unspecified atom stereocenters. The molecular formula is C10H11N5O2S2. The number of hydrazine groups is 1. The molecular weight excluding hydrogens is 286 g/mol. The molecule has 19 heavy (non-hydrogen) atoms. The zero-order valence-electron chi connectivity index (χ0n) is 9.99. The van der Waals surface area contributed by atoms with Crippen molar-refractivity contribution in [3.05, 3.63) is 38.9 Å². The van der Waals surface area contributed by atoms with Gasteiger partial charge in [0.25, 0.3) is 5.69 Å². The van der Waals surface area contributed by atoms with Crippen LogP contribution in [-0.4, -0.2) is 15.1 Å². The lowest BCUT2D eigenvalue weighted by molar-refractivity contribution is -0.384. The number of anilines is 1. The van der Waals surface area contributed by atoms with Crippen molar-refractivity contribution in [3.8, 4) is 0 Å². The summed E-state index contributed by atoms with van der Waals surface area (Å²) >= 11 is 2.96. The van der Waals surface area contributed by atoms with Crippen LogP contribution in [0.5, 0.6) is 0 Å². The van der Waals surface area contributed by atoms with Gasteiger partial charge in [0.15, 0.2) is 4.34 Å². The van der Waals surface area contributed by atoms with Crippen LogP contribution in [0.2, 0.25) is 0 Å². The number of benzene rings is 1. The molecule has 9 heteroatoms. The van der Waals surface area contributed by atoms with E-state index >= 15 is 0 Å². The molecule has 2 rings (SSSR count). The fourth-order valence-corrected chi connectivity index (χ4v) is 3.24. The van der Waals surface area contributed by atoms with Crippen LogP contribution in [0.15, 0.2) is 22.5 Å². The number of aromatic nitrogens is 2. The topological polar surface area (TPSA) is 107 Å². The number of non-ortho nitro benzene ring substituents is 1. The van der Waals surface area contributed by atoms with Gasteiger partial charge in [-0.25, -0.2) is 0 Å². The molecule has 0 aliphatic carbocycles. The summed E-state index contributed by atoms with van der Waals surface area (Å²) in [6.07, 6.45) is 0. The number of hydrogen-bond acceptors (Lipinski definition) is 8. The lowest BCUT2D eigenvalue weighted by atomic mass is 10.2. The minimum absolute atomic E-state index is 0.0445. The molecule has 0 saturated heterocycles. The van der Waals surface area contributed by atoms with Crippen molar-refractivity contribution in [2.45, 2.75) is 17.0 Å². The third-order valence-corrected chi connectivity index (χ3v) is 4.33. The molecule has 0 aliphatic rings. The van der Waals surface area contributed by atoms with Crippen LogP contribution in [-0.2, 0) is 5.75 Å². The smallest absolute Gasteiger partial charge is 0.269 e. The minimum Gasteiger partial charge on any atom is -0.324 e. The highest BCUT2D eigenvalue weighted by atomic mass is 32.2. The molecule has 1 heterocycles. The van der Waals surface area contributed by atoms with Gasteiger partial charge < -0.3 is 5.43 Å². The van der Waals surface area contributed by atoms with Crippen molar-refractivity contribution < 1.29 is 4.92 Å². The van der Waals surface area contributed by atoms with Gasteiger partial charge in [0.2, 0.25) is 0 Å². The number of nitrogen functional groups attached to an aromatic ring is 1. The number of rotatable bonds is 5. The van der Waals surface area contributed by atoms with E-state index in [1.54, 1.807) is 6.07 Å². The molecule has 0 aliphatic heterocycles. The van der Waals surface area contributed by atoms with Gasteiger partial charge in [-0.3, -0.25) is 16.0 Å². The van der Waals surface area contributed by atoms with E-state index < -0.39 is 4.92 Å². The van der Waals surface area contributed by atoms with Gasteiger partial charge in [-0.05, 0) is 18.6 Å². The van der Waals surface area contributed by atoms with Gasteiger partial charge in [-0.1, -0.05) is 23.1 Å². The summed E-state index contributed by atoms with van der Waals surface area (Å²) in [4.78, 5) is 10.3. The first-order chi connectivity index (χ1) is 9.10. The van der Waals surface area contributed by atoms with Gasteiger partial charge in [-0.2, -0.15) is 0 Å². The number of nitrogens with two attached hydrogens (primary N) is 1. The van der Waals surface area contributed by atoms with Crippen molar-refractivity contribution in [2.75, 3.05) is 5.43 Å². The van der Waals surface area contributed by atoms with Crippen LogP contribution in [0.4, 0.5) is 11.4 Å². The van der Waals surface area contributed by atoms with Crippen molar-refractivity contribution in [3.63, 3.8) is 0 Å². The normalized spacial score (nSPS) is 10.4. The zero-order chi connectivity index (χ0) is 13.8. The van der Waals surface area contributed by atoms with E-state index in [-0.39, 0.29) is 5.69 Å². The summed E-state index contributed by atoms with van der Waals surface area (Å²) < 4.78 is 0.826. The fraction of sp³-hybridized carbons (Fsp3) is 0.200. The Kier molecular flexibility index (Phi) is 4.30. The molecule has 0 atom stereocenters. The Morgan fingerprint density at radius 1 is 1.53 bits per heavy atom. The highest BCUT2D eigenvalue weighted by Crippen LogP contribution is 2.30. The predicted molar refractivity (Wildman–Crippen MR) is 75.1 cm³/mol. The molecule has 2 aromatic rings. The number of nitrogens with zero attached hydrogens (tertiary/aromatic N) is 3. The van der Waals surface area contributed by atoms with Crippen LogP contribution in [0.1, 0.15) is 10.6 Å². The van der Waals surface area contributed by atoms with E-state index in [1.807, 2.05) is 6.92 Å². The Morgan fingerprint density at radius 2 is 2.32 bits per heavy atom. The number of nitrogens with one attached hydrogen (secondary N) is 1. The van der Waals surface area contributed by atoms with Gasteiger partial charge in [0.1, 0.15) is 5.01 Å². The van der Waals surface area contributed by atoms with E-state index in [0.717, 1.165) is 14.9 Å². The Balaban J connectivity index is 2.17. The summed E-state index contributed by atoms with van der Waals surface area (Å²) in [7, 11) is 0. The Morgan fingerprint density at radius 3 is 2.89 bits per heavy atom. The van der Waals surface area contributed by atoms with Crippen LogP contribution in [0.3, 0.4) is 0 Å². The Labute approximate surface area is 117 Å². The molecule has 1 aromatic carbocycles. The highest BCUT2D eigenvalue weighted by Gasteiger charge is 2.11. The molecule has 0 spiro atoms. The van der Waals surface area contributed by atoms with Crippen molar-refractivity contribution in [1.82, 2.24) is 10.2 Å². The van der Waals surface area contributed by atoms with Crippen molar-refractivity contribution >= 4 is 34.5 Å². The van der Waals surface area contributed by atoms with E-state index in [9.17, 15) is 10.1 Å². The van der Waals surface area contributed by atoms with Crippen molar-refractivity contribution in [2.24, 2.45) is 5.84 Å². The second kappa shape index (κ2) is 5.95. The zero-order valence-corrected chi connectivity index (χ0v) is 11.6. The molecule has 0 saturated carbocycles. The van der Waals surface area contributed by atoms with E-state index in [1.165, 1.54) is 35.2 Å². The Hall–Kier alpha value is -1.71. The lowest BCUT2D eigenvalue weighted by Gasteiger charge is -2.07. The number of hydrogen-bond donors (Lipinski definition) is 2. The largest absolute Gasteiger partial charge is 0.324 e. The summed E-state index contributed by atoms with van der Waals surface area (Å²) in [6.45, 7) is 1.88. The first-order valence-corrected chi connectivity index (χ1v) is 7.07. The molecule has 7 nitrogen and oxygen atoms in total. The second-order valence-electron chi connectivity index (χ2n) is 3.62. The van der Waals surface area contributed by atoms with E-state index in [0.29, 0.717) is 11.4 Å². The summed E-state index contributed by atoms with van der Waals surface area (Å²) in [5.41, 5.74) is 4.00. The first-order valence-electron chi connectivity index (χ1n) is 5.27. The molecule has 0 bridgehead atoms. The highest BCUT2D eigenvalue weighted by molar-refractivity contribution is 8.00. The molecule has 1 aromatic heterocycles. The van der Waals surface area contributed by atoms with Gasteiger partial charge in [0.05, 0.1) is 10.6 Å². The SMILES string of the molecule is Cc1nnc(SCc2cc([N+](=O)[O-])ccc2NN)s1. The first kappa shape index (κ1) is 13.7. The molecule has 0 fully saturated rings. The van der Waals surface area contributed by atoms with Crippen LogP contribution < -0.4 is 11.3 Å². The monoisotopic (exact) mass is 297 g/mol. The molecule has 3 N–H and O–H groups in total. The third kappa shape index (κ3) is 3.40. The third-order valence-electron chi connectivity index (χ3n) is 2.31. The number of thioether (sulfide) groups is 1. The fourth-order valence-electron chi connectivity index (χ4n) is 1.43.